The molecule has 238 valence electrons. The highest BCUT2D eigenvalue weighted by Crippen LogP contribution is 2.53. The van der Waals surface area contributed by atoms with Gasteiger partial charge in [0.1, 0.15) is 6.17 Å². The zero-order chi connectivity index (χ0) is 30.1. The predicted octanol–water partition coefficient (Wildman–Crippen LogP) is 2.48. The van der Waals surface area contributed by atoms with Crippen molar-refractivity contribution >= 4 is 11.7 Å². The van der Waals surface area contributed by atoms with E-state index in [0.29, 0.717) is 37.5 Å². The van der Waals surface area contributed by atoms with Crippen LogP contribution in [0.3, 0.4) is 0 Å². The molecule has 7 aliphatic rings. The molecule has 4 aliphatic heterocycles. The van der Waals surface area contributed by atoms with Gasteiger partial charge in [-0.2, -0.15) is 0 Å². The molecule has 12 atom stereocenters. The first kappa shape index (κ1) is 29.0. The van der Waals surface area contributed by atoms with Crippen LogP contribution in [0.2, 0.25) is 0 Å². The first-order valence-electron chi connectivity index (χ1n) is 17.0. The van der Waals surface area contributed by atoms with E-state index in [9.17, 15) is 9.59 Å². The molecule has 0 radical (unpaired) electrons. The van der Waals surface area contributed by atoms with Gasteiger partial charge in [-0.05, 0) is 62.5 Å². The molecular formula is C34H46FN5O4. The Morgan fingerprint density at radius 1 is 1.07 bits per heavy atom. The second kappa shape index (κ2) is 11.4. The Labute approximate surface area is 259 Å². The molecule has 6 fully saturated rings. The summed E-state index contributed by atoms with van der Waals surface area (Å²) in [6.45, 7) is 1.83. The van der Waals surface area contributed by atoms with Gasteiger partial charge in [0.15, 0.2) is 5.78 Å². The van der Waals surface area contributed by atoms with Crippen molar-refractivity contribution in [1.29, 1.82) is 0 Å². The number of hydrogen-bond acceptors (Lipinski definition) is 8. The number of ether oxygens (including phenoxy) is 2. The Hall–Kier alpha value is -2.40. The maximum absolute atomic E-state index is 16.3. The molecule has 1 aromatic heterocycles. The average molecular weight is 608 g/mol. The number of aromatic nitrogens is 1. The summed E-state index contributed by atoms with van der Waals surface area (Å²) in [4.78, 5) is 38.4. The molecule has 3 aliphatic carbocycles. The Morgan fingerprint density at radius 3 is 2.73 bits per heavy atom. The number of pyridine rings is 1. The van der Waals surface area contributed by atoms with Crippen LogP contribution >= 0.6 is 0 Å². The number of rotatable bonds is 5. The number of alkyl halides is 1. The molecule has 1 aromatic rings. The van der Waals surface area contributed by atoms with E-state index < -0.39 is 24.2 Å². The molecule has 3 saturated heterocycles. The third-order valence-electron chi connectivity index (χ3n) is 12.1. The molecule has 0 aromatic carbocycles. The molecule has 0 spiro atoms. The molecule has 12 unspecified atom stereocenters. The standard InChI is InChI=1S/C34H46FN5O4/c1-38(12-10-20-6-4-5-11-37-20)34(42)24-18-40-26-16-28-22(21-7-2-3-8-27(21)43-28)15-29(26)44-33-30(40)23(32(24)41)14-25(35)31(33)39-13-9-19(36)17-39/h4-6,11,18-19,21-23,25-31,33H,2-3,7-10,12-17,36H2,1H3. The fraction of sp³-hybridized carbons (Fsp3) is 0.735. The van der Waals surface area contributed by atoms with Crippen LogP contribution in [0.15, 0.2) is 36.2 Å². The molecule has 0 bridgehead atoms. The van der Waals surface area contributed by atoms with Gasteiger partial charge in [-0.15, -0.1) is 0 Å². The Kier molecular flexibility index (Phi) is 7.55. The van der Waals surface area contributed by atoms with Gasteiger partial charge >= 0.3 is 0 Å². The van der Waals surface area contributed by atoms with Crippen molar-refractivity contribution in [2.45, 2.75) is 113 Å². The van der Waals surface area contributed by atoms with Crippen LogP contribution in [-0.2, 0) is 25.5 Å². The van der Waals surface area contributed by atoms with Crippen molar-refractivity contribution in [3.8, 4) is 0 Å². The second-order valence-electron chi connectivity index (χ2n) is 14.5. The minimum atomic E-state index is -1.22. The zero-order valence-electron chi connectivity index (χ0n) is 25.7. The Morgan fingerprint density at radius 2 is 1.93 bits per heavy atom. The van der Waals surface area contributed by atoms with Gasteiger partial charge in [-0.25, -0.2) is 4.39 Å². The van der Waals surface area contributed by atoms with Crippen LogP contribution in [0.25, 0.3) is 0 Å². The van der Waals surface area contributed by atoms with E-state index in [2.05, 4.69) is 14.8 Å². The zero-order valence-corrected chi connectivity index (χ0v) is 25.7. The number of carbonyl (C=O) groups excluding carboxylic acids is 2. The highest BCUT2D eigenvalue weighted by Gasteiger charge is 2.62. The summed E-state index contributed by atoms with van der Waals surface area (Å²) in [5.41, 5.74) is 7.35. The van der Waals surface area contributed by atoms with Gasteiger partial charge in [0.2, 0.25) is 0 Å². The number of nitrogens with zero attached hydrogens (tertiary/aromatic N) is 4. The molecule has 3 saturated carbocycles. The van der Waals surface area contributed by atoms with E-state index in [1.807, 2.05) is 24.4 Å². The van der Waals surface area contributed by atoms with E-state index >= 15 is 4.39 Å². The molecule has 9 nitrogen and oxygen atoms in total. The first-order chi connectivity index (χ1) is 21.4. The summed E-state index contributed by atoms with van der Waals surface area (Å²) >= 11 is 0. The topological polar surface area (TPSA) is 101 Å². The number of amides is 1. The fourth-order valence-corrected chi connectivity index (χ4v) is 10.0. The lowest BCUT2D eigenvalue weighted by Gasteiger charge is -2.61. The summed E-state index contributed by atoms with van der Waals surface area (Å²) in [5, 5.41) is 0. The Balaban J connectivity index is 1.11. The van der Waals surface area contributed by atoms with Crippen LogP contribution in [0.5, 0.6) is 0 Å². The third kappa shape index (κ3) is 4.82. The van der Waals surface area contributed by atoms with Gasteiger partial charge in [-0.3, -0.25) is 19.5 Å². The van der Waals surface area contributed by atoms with E-state index in [-0.39, 0.29) is 54.0 Å². The summed E-state index contributed by atoms with van der Waals surface area (Å²) in [6.07, 6.45) is 10.4. The molecule has 2 N–H and O–H groups in total. The minimum Gasteiger partial charge on any atom is -0.374 e. The number of morpholine rings is 1. The number of nitrogens with two attached hydrogens (primary N) is 1. The van der Waals surface area contributed by atoms with Crippen LogP contribution in [0.4, 0.5) is 4.39 Å². The maximum atomic E-state index is 16.3. The van der Waals surface area contributed by atoms with Gasteiger partial charge in [0.25, 0.3) is 5.91 Å². The summed E-state index contributed by atoms with van der Waals surface area (Å²) < 4.78 is 30.1. The van der Waals surface area contributed by atoms with Gasteiger partial charge < -0.3 is 25.0 Å². The van der Waals surface area contributed by atoms with Crippen molar-refractivity contribution in [3.05, 3.63) is 41.9 Å². The molecule has 5 heterocycles. The van der Waals surface area contributed by atoms with Crippen molar-refractivity contribution < 1.29 is 23.5 Å². The normalized spacial score (nSPS) is 43.0. The van der Waals surface area contributed by atoms with Gasteiger partial charge in [0.05, 0.1) is 48.1 Å². The summed E-state index contributed by atoms with van der Waals surface area (Å²) in [5.74, 6) is -0.152. The predicted molar refractivity (Wildman–Crippen MR) is 161 cm³/mol. The number of likely N-dealkylation sites (tertiary alicyclic amines) is 1. The smallest absolute Gasteiger partial charge is 0.258 e. The SMILES string of the molecule is CN(CCc1ccccn1)C(=O)C1=CN2C3CC4OC5CCCCC5C4CC3OC3C(N4CCC(N)C4)C(F)CC(C1=O)C32. The number of carbonyl (C=O) groups is 2. The second-order valence-corrected chi connectivity index (χ2v) is 14.5. The molecule has 1 amide bonds. The van der Waals surface area contributed by atoms with Crippen molar-refractivity contribution in [3.63, 3.8) is 0 Å². The monoisotopic (exact) mass is 607 g/mol. The minimum absolute atomic E-state index is 0.00692. The number of Topliss-reactive ketones (excluding diaryl/α,β-unsaturated/α-hetero) is 1. The lowest BCUT2D eigenvalue weighted by atomic mass is 9.67. The molecule has 10 heteroatoms. The summed E-state index contributed by atoms with van der Waals surface area (Å²) in [7, 11) is 1.74. The third-order valence-corrected chi connectivity index (χ3v) is 12.1. The highest BCUT2D eigenvalue weighted by atomic mass is 19.1. The van der Waals surface area contributed by atoms with Gasteiger partial charge in [0, 0.05) is 63.2 Å². The lowest BCUT2D eigenvalue weighted by Crippen LogP contribution is -2.73. The molecular weight excluding hydrogens is 561 g/mol. The van der Waals surface area contributed by atoms with E-state index in [0.717, 1.165) is 37.9 Å². The van der Waals surface area contributed by atoms with E-state index in [4.69, 9.17) is 15.2 Å². The quantitative estimate of drug-likeness (QED) is 0.510. The molecule has 8 rings (SSSR count). The van der Waals surface area contributed by atoms with Crippen molar-refractivity contribution in [2.75, 3.05) is 26.7 Å². The number of fused-ring (bicyclic) bond motifs is 5. The summed E-state index contributed by atoms with van der Waals surface area (Å²) in [6, 6.07) is 5.02. The van der Waals surface area contributed by atoms with Crippen LogP contribution in [0.1, 0.15) is 57.1 Å². The Bertz CT molecular complexity index is 1300. The first-order valence-corrected chi connectivity index (χ1v) is 17.0. The largest absolute Gasteiger partial charge is 0.374 e. The molecule has 44 heavy (non-hydrogen) atoms. The van der Waals surface area contributed by atoms with Gasteiger partial charge in [-0.1, -0.05) is 18.9 Å². The maximum Gasteiger partial charge on any atom is 0.258 e. The van der Waals surface area contributed by atoms with Crippen LogP contribution in [-0.4, -0.2) is 113 Å². The number of halogens is 1. The number of likely N-dealkylation sites (N-methyl/N-ethyl adjacent to an activating group) is 1. The lowest BCUT2D eigenvalue weighted by molar-refractivity contribution is -0.220. The highest BCUT2D eigenvalue weighted by molar-refractivity contribution is 6.20. The van der Waals surface area contributed by atoms with Crippen molar-refractivity contribution in [1.82, 2.24) is 19.7 Å². The van der Waals surface area contributed by atoms with Crippen molar-refractivity contribution in [2.24, 2.45) is 23.5 Å². The van der Waals surface area contributed by atoms with Crippen LogP contribution in [0, 0.1) is 17.8 Å². The fourth-order valence-electron chi connectivity index (χ4n) is 10.0. The van der Waals surface area contributed by atoms with E-state index in [1.165, 1.54) is 19.3 Å². The number of ketones is 1. The van der Waals surface area contributed by atoms with Crippen LogP contribution < -0.4 is 5.73 Å². The average Bonchev–Trinajstić information content (AvgIpc) is 3.62. The number of hydrogen-bond donors (Lipinski definition) is 1. The van der Waals surface area contributed by atoms with E-state index in [1.54, 1.807) is 18.1 Å².